The van der Waals surface area contributed by atoms with Gasteiger partial charge in [0.05, 0.1) is 11.9 Å². The van der Waals surface area contributed by atoms with Crippen LogP contribution in [0, 0.1) is 0 Å². The van der Waals surface area contributed by atoms with Crippen LogP contribution in [0.2, 0.25) is 0 Å². The molecule has 1 atom stereocenters. The molecule has 0 unspecified atom stereocenters. The van der Waals surface area contributed by atoms with E-state index in [2.05, 4.69) is 20.9 Å². The SMILES string of the molecule is CC[C@H](N)c1ccc(Oc2cccc(Br)c2)cn1. The van der Waals surface area contributed by atoms with Crippen LogP contribution >= 0.6 is 15.9 Å². The highest BCUT2D eigenvalue weighted by Gasteiger charge is 2.05. The molecule has 18 heavy (non-hydrogen) atoms. The fraction of sp³-hybridized carbons (Fsp3) is 0.214. The van der Waals surface area contributed by atoms with Gasteiger partial charge in [-0.1, -0.05) is 28.9 Å². The van der Waals surface area contributed by atoms with Crippen molar-refractivity contribution < 1.29 is 4.74 Å². The van der Waals surface area contributed by atoms with E-state index in [1.54, 1.807) is 6.20 Å². The van der Waals surface area contributed by atoms with Gasteiger partial charge < -0.3 is 10.5 Å². The van der Waals surface area contributed by atoms with Crippen molar-refractivity contribution in [2.45, 2.75) is 19.4 Å². The summed E-state index contributed by atoms with van der Waals surface area (Å²) in [6.07, 6.45) is 2.57. The minimum absolute atomic E-state index is 0.00933. The monoisotopic (exact) mass is 306 g/mol. The first-order chi connectivity index (χ1) is 8.69. The van der Waals surface area contributed by atoms with E-state index in [1.807, 2.05) is 43.3 Å². The molecule has 0 aliphatic heterocycles. The minimum Gasteiger partial charge on any atom is -0.456 e. The van der Waals surface area contributed by atoms with E-state index in [4.69, 9.17) is 10.5 Å². The van der Waals surface area contributed by atoms with Crippen LogP contribution in [0.4, 0.5) is 0 Å². The van der Waals surface area contributed by atoms with E-state index in [0.29, 0.717) is 5.75 Å². The van der Waals surface area contributed by atoms with Gasteiger partial charge in [-0.25, -0.2) is 0 Å². The lowest BCUT2D eigenvalue weighted by molar-refractivity contribution is 0.478. The molecule has 4 heteroatoms. The number of rotatable bonds is 4. The van der Waals surface area contributed by atoms with Crippen molar-refractivity contribution in [2.24, 2.45) is 5.73 Å². The van der Waals surface area contributed by atoms with Gasteiger partial charge in [0.15, 0.2) is 0 Å². The Hall–Kier alpha value is -1.39. The molecule has 94 valence electrons. The normalized spacial score (nSPS) is 12.2. The predicted octanol–water partition coefficient (Wildman–Crippen LogP) is 4.05. The maximum absolute atomic E-state index is 5.91. The Morgan fingerprint density at radius 1 is 1.28 bits per heavy atom. The summed E-state index contributed by atoms with van der Waals surface area (Å²) in [5.41, 5.74) is 6.80. The number of nitrogens with zero attached hydrogens (tertiary/aromatic N) is 1. The summed E-state index contributed by atoms with van der Waals surface area (Å²) in [7, 11) is 0. The predicted molar refractivity (Wildman–Crippen MR) is 75.7 cm³/mol. The summed E-state index contributed by atoms with van der Waals surface area (Å²) >= 11 is 3.40. The maximum Gasteiger partial charge on any atom is 0.145 e. The molecule has 0 fully saturated rings. The maximum atomic E-state index is 5.91. The largest absolute Gasteiger partial charge is 0.456 e. The zero-order valence-electron chi connectivity index (χ0n) is 10.1. The quantitative estimate of drug-likeness (QED) is 0.927. The number of benzene rings is 1. The second-order valence-corrected chi connectivity index (χ2v) is 4.91. The lowest BCUT2D eigenvalue weighted by Gasteiger charge is -2.09. The van der Waals surface area contributed by atoms with Crippen LogP contribution in [0.1, 0.15) is 25.1 Å². The van der Waals surface area contributed by atoms with Crippen LogP contribution in [-0.2, 0) is 0 Å². The van der Waals surface area contributed by atoms with Gasteiger partial charge in [-0.3, -0.25) is 4.98 Å². The summed E-state index contributed by atoms with van der Waals surface area (Å²) in [4.78, 5) is 4.31. The first kappa shape index (κ1) is 13.1. The molecule has 2 aromatic rings. The number of ether oxygens (including phenoxy) is 1. The van der Waals surface area contributed by atoms with Gasteiger partial charge in [0.2, 0.25) is 0 Å². The standard InChI is InChI=1S/C14H15BrN2O/c1-2-13(16)14-7-6-12(9-17-14)18-11-5-3-4-10(15)8-11/h3-9,13H,2,16H2,1H3/t13-/m0/s1. The van der Waals surface area contributed by atoms with Crippen molar-refractivity contribution in [1.82, 2.24) is 4.98 Å². The molecule has 0 bridgehead atoms. The van der Waals surface area contributed by atoms with E-state index >= 15 is 0 Å². The molecule has 0 saturated heterocycles. The average Bonchev–Trinajstić information content (AvgIpc) is 2.39. The molecular weight excluding hydrogens is 292 g/mol. The average molecular weight is 307 g/mol. The van der Waals surface area contributed by atoms with Crippen molar-refractivity contribution in [3.8, 4) is 11.5 Å². The van der Waals surface area contributed by atoms with Gasteiger partial charge in [-0.2, -0.15) is 0 Å². The van der Waals surface area contributed by atoms with Crippen LogP contribution in [0.3, 0.4) is 0 Å². The molecule has 0 radical (unpaired) electrons. The number of aromatic nitrogens is 1. The fourth-order valence-electron chi connectivity index (χ4n) is 1.55. The van der Waals surface area contributed by atoms with Gasteiger partial charge in [-0.05, 0) is 36.8 Å². The highest BCUT2D eigenvalue weighted by Crippen LogP contribution is 2.24. The number of hydrogen-bond acceptors (Lipinski definition) is 3. The Kier molecular flexibility index (Phi) is 4.33. The Balaban J connectivity index is 2.11. The summed E-state index contributed by atoms with van der Waals surface area (Å²) in [5, 5.41) is 0. The van der Waals surface area contributed by atoms with Crippen LogP contribution in [-0.4, -0.2) is 4.98 Å². The second kappa shape index (κ2) is 5.98. The third-order valence-corrected chi connectivity index (χ3v) is 3.10. The molecular formula is C14H15BrN2O. The fourth-order valence-corrected chi connectivity index (χ4v) is 1.93. The summed E-state index contributed by atoms with van der Waals surface area (Å²) in [6, 6.07) is 11.5. The molecule has 1 aromatic heterocycles. The van der Waals surface area contributed by atoms with Crippen molar-refractivity contribution in [3.63, 3.8) is 0 Å². The Labute approximate surface area is 115 Å². The lowest BCUT2D eigenvalue weighted by Crippen LogP contribution is -2.10. The summed E-state index contributed by atoms with van der Waals surface area (Å²) in [6.45, 7) is 2.04. The minimum atomic E-state index is -0.00933. The molecule has 3 nitrogen and oxygen atoms in total. The van der Waals surface area contributed by atoms with Crippen molar-refractivity contribution in [3.05, 3.63) is 52.8 Å². The van der Waals surface area contributed by atoms with Crippen molar-refractivity contribution in [1.29, 1.82) is 0 Å². The molecule has 0 aliphatic rings. The number of nitrogens with two attached hydrogens (primary N) is 1. The van der Waals surface area contributed by atoms with Crippen LogP contribution in [0.15, 0.2) is 47.1 Å². The molecule has 0 saturated carbocycles. The first-order valence-corrected chi connectivity index (χ1v) is 6.63. The highest BCUT2D eigenvalue weighted by atomic mass is 79.9. The summed E-state index contributed by atoms with van der Waals surface area (Å²) in [5.74, 6) is 1.49. The Morgan fingerprint density at radius 2 is 2.11 bits per heavy atom. The van der Waals surface area contributed by atoms with E-state index in [9.17, 15) is 0 Å². The molecule has 2 N–H and O–H groups in total. The van der Waals surface area contributed by atoms with E-state index in [0.717, 1.165) is 22.3 Å². The topological polar surface area (TPSA) is 48.1 Å². The Bertz CT molecular complexity index is 513. The van der Waals surface area contributed by atoms with Crippen LogP contribution in [0.25, 0.3) is 0 Å². The van der Waals surface area contributed by atoms with E-state index in [1.165, 1.54) is 0 Å². The van der Waals surface area contributed by atoms with Gasteiger partial charge in [0.1, 0.15) is 11.5 Å². The van der Waals surface area contributed by atoms with Crippen molar-refractivity contribution in [2.75, 3.05) is 0 Å². The van der Waals surface area contributed by atoms with Gasteiger partial charge in [-0.15, -0.1) is 0 Å². The molecule has 0 spiro atoms. The van der Waals surface area contributed by atoms with Gasteiger partial charge in [0, 0.05) is 10.5 Å². The molecule has 0 aliphatic carbocycles. The second-order valence-electron chi connectivity index (χ2n) is 3.99. The molecule has 1 heterocycles. The Morgan fingerprint density at radius 3 is 2.72 bits per heavy atom. The molecule has 1 aromatic carbocycles. The number of pyridine rings is 1. The zero-order chi connectivity index (χ0) is 13.0. The highest BCUT2D eigenvalue weighted by molar-refractivity contribution is 9.10. The third-order valence-electron chi connectivity index (χ3n) is 2.61. The lowest BCUT2D eigenvalue weighted by atomic mass is 10.1. The van der Waals surface area contributed by atoms with E-state index in [-0.39, 0.29) is 6.04 Å². The third kappa shape index (κ3) is 3.31. The first-order valence-electron chi connectivity index (χ1n) is 5.84. The zero-order valence-corrected chi connectivity index (χ0v) is 11.7. The van der Waals surface area contributed by atoms with Crippen molar-refractivity contribution >= 4 is 15.9 Å². The number of halogens is 1. The van der Waals surface area contributed by atoms with E-state index < -0.39 is 0 Å². The molecule has 2 rings (SSSR count). The smallest absolute Gasteiger partial charge is 0.145 e. The summed E-state index contributed by atoms with van der Waals surface area (Å²) < 4.78 is 6.68. The molecule has 0 amide bonds. The van der Waals surface area contributed by atoms with Gasteiger partial charge >= 0.3 is 0 Å². The van der Waals surface area contributed by atoms with Gasteiger partial charge in [0.25, 0.3) is 0 Å². The number of hydrogen-bond donors (Lipinski definition) is 1. The van der Waals surface area contributed by atoms with Crippen LogP contribution in [0.5, 0.6) is 11.5 Å². The van der Waals surface area contributed by atoms with Crippen LogP contribution < -0.4 is 10.5 Å².